The fraction of sp³-hybridized carbons (Fsp3) is 0.846. The molecule has 5 nitrogen and oxygen atoms in total. The summed E-state index contributed by atoms with van der Waals surface area (Å²) >= 11 is 1.70. The molecule has 2 rings (SSSR count). The van der Waals surface area contributed by atoms with Crippen LogP contribution in [0.3, 0.4) is 0 Å². The van der Waals surface area contributed by atoms with Crippen molar-refractivity contribution >= 4 is 23.6 Å². The summed E-state index contributed by atoms with van der Waals surface area (Å²) < 4.78 is 0. The average molecular weight is 286 g/mol. The molecule has 1 saturated heterocycles. The molecule has 6 heteroatoms. The molecule has 0 aromatic carbocycles. The van der Waals surface area contributed by atoms with E-state index in [9.17, 15) is 9.59 Å². The largest absolute Gasteiger partial charge is 0.481 e. The first-order valence-corrected chi connectivity index (χ1v) is 8.00. The molecular weight excluding hydrogens is 264 g/mol. The van der Waals surface area contributed by atoms with Crippen LogP contribution in [-0.2, 0) is 9.59 Å². The third-order valence-corrected chi connectivity index (χ3v) is 5.31. The Morgan fingerprint density at radius 1 is 1.32 bits per heavy atom. The molecule has 0 aromatic heterocycles. The lowest BCUT2D eigenvalue weighted by Crippen LogP contribution is -2.55. The number of carbonyl (C=O) groups excluding carboxylic acids is 1. The van der Waals surface area contributed by atoms with E-state index in [1.54, 1.807) is 11.8 Å². The molecule has 0 radical (unpaired) electrons. The molecule has 0 spiro atoms. The smallest absolute Gasteiger partial charge is 0.305 e. The van der Waals surface area contributed by atoms with Crippen LogP contribution in [0.15, 0.2) is 0 Å². The van der Waals surface area contributed by atoms with Gasteiger partial charge < -0.3 is 15.7 Å². The van der Waals surface area contributed by atoms with Crippen molar-refractivity contribution < 1.29 is 14.7 Å². The Labute approximate surface area is 117 Å². The Morgan fingerprint density at radius 3 is 2.53 bits per heavy atom. The molecule has 0 atom stereocenters. The second-order valence-electron chi connectivity index (χ2n) is 5.51. The van der Waals surface area contributed by atoms with E-state index in [0.29, 0.717) is 11.0 Å². The van der Waals surface area contributed by atoms with Gasteiger partial charge in [-0.05, 0) is 45.2 Å². The maximum atomic E-state index is 11.9. The number of rotatable bonds is 6. The summed E-state index contributed by atoms with van der Waals surface area (Å²) in [6, 6.07) is 0. The highest BCUT2D eigenvalue weighted by atomic mass is 32.2. The molecule has 0 unspecified atom stereocenters. The lowest BCUT2D eigenvalue weighted by molar-refractivity contribution is -0.140. The van der Waals surface area contributed by atoms with E-state index >= 15 is 0 Å². The second-order valence-corrected chi connectivity index (χ2v) is 6.80. The lowest BCUT2D eigenvalue weighted by atomic mass is 9.74. The van der Waals surface area contributed by atoms with Gasteiger partial charge in [-0.25, -0.2) is 0 Å². The number of amides is 1. The Morgan fingerprint density at radius 2 is 2.00 bits per heavy atom. The van der Waals surface area contributed by atoms with Crippen molar-refractivity contribution in [3.8, 4) is 0 Å². The molecule has 2 aliphatic rings. The number of carbonyl (C=O) groups is 2. The van der Waals surface area contributed by atoms with Gasteiger partial charge in [0.1, 0.15) is 0 Å². The summed E-state index contributed by atoms with van der Waals surface area (Å²) in [6.45, 7) is 2.06. The first-order chi connectivity index (χ1) is 9.10. The van der Waals surface area contributed by atoms with E-state index in [4.69, 9.17) is 5.11 Å². The zero-order chi connectivity index (χ0) is 13.7. The topological polar surface area (TPSA) is 78.4 Å². The van der Waals surface area contributed by atoms with Gasteiger partial charge in [0.05, 0.1) is 17.7 Å². The zero-order valence-electron chi connectivity index (χ0n) is 11.1. The number of hydrogen-bond donors (Lipinski definition) is 3. The average Bonchev–Trinajstić information content (AvgIpc) is 2.34. The van der Waals surface area contributed by atoms with Gasteiger partial charge in [0.25, 0.3) is 0 Å². The van der Waals surface area contributed by atoms with Crippen molar-refractivity contribution in [2.45, 2.75) is 49.3 Å². The SMILES string of the molecule is O=C(O)CC1(NC(=O)CSC2CCNCC2)CCC1. The summed E-state index contributed by atoms with van der Waals surface area (Å²) in [4.78, 5) is 22.8. The third-order valence-electron chi connectivity index (χ3n) is 3.94. The molecule has 1 aliphatic carbocycles. The first-order valence-electron chi connectivity index (χ1n) is 6.95. The molecule has 108 valence electrons. The van der Waals surface area contributed by atoms with Crippen LogP contribution in [0.1, 0.15) is 38.5 Å². The van der Waals surface area contributed by atoms with Crippen molar-refractivity contribution in [2.75, 3.05) is 18.8 Å². The van der Waals surface area contributed by atoms with E-state index in [1.165, 1.54) is 0 Å². The molecule has 1 saturated carbocycles. The van der Waals surface area contributed by atoms with Crippen molar-refractivity contribution in [3.05, 3.63) is 0 Å². The summed E-state index contributed by atoms with van der Waals surface area (Å²) in [5.74, 6) is -0.387. The summed E-state index contributed by atoms with van der Waals surface area (Å²) in [6.07, 6.45) is 4.87. The van der Waals surface area contributed by atoms with E-state index < -0.39 is 11.5 Å². The molecule has 3 N–H and O–H groups in total. The molecule has 1 amide bonds. The molecule has 1 aliphatic heterocycles. The van der Waals surface area contributed by atoms with Crippen LogP contribution >= 0.6 is 11.8 Å². The van der Waals surface area contributed by atoms with Crippen LogP contribution in [0.2, 0.25) is 0 Å². The minimum absolute atomic E-state index is 0.00974. The zero-order valence-corrected chi connectivity index (χ0v) is 11.9. The number of aliphatic carboxylic acids is 1. The molecule has 19 heavy (non-hydrogen) atoms. The van der Waals surface area contributed by atoms with Gasteiger partial charge in [0.15, 0.2) is 0 Å². The molecular formula is C13H22N2O3S. The second kappa shape index (κ2) is 6.61. The van der Waals surface area contributed by atoms with E-state index in [1.807, 2.05) is 0 Å². The van der Waals surface area contributed by atoms with Gasteiger partial charge in [0, 0.05) is 5.25 Å². The highest BCUT2D eigenvalue weighted by molar-refractivity contribution is 8.00. The van der Waals surface area contributed by atoms with E-state index in [-0.39, 0.29) is 12.3 Å². The summed E-state index contributed by atoms with van der Waals surface area (Å²) in [5.41, 5.74) is -0.461. The Balaban J connectivity index is 1.72. The number of nitrogens with one attached hydrogen (secondary N) is 2. The van der Waals surface area contributed by atoms with E-state index in [2.05, 4.69) is 10.6 Å². The van der Waals surface area contributed by atoms with Crippen molar-refractivity contribution in [1.29, 1.82) is 0 Å². The number of piperidine rings is 1. The summed E-state index contributed by atoms with van der Waals surface area (Å²) in [5, 5.41) is 15.7. The predicted molar refractivity (Wildman–Crippen MR) is 75.3 cm³/mol. The number of thioether (sulfide) groups is 1. The fourth-order valence-corrected chi connectivity index (χ4v) is 3.75. The van der Waals surface area contributed by atoms with Crippen molar-refractivity contribution in [1.82, 2.24) is 10.6 Å². The van der Waals surface area contributed by atoms with Gasteiger partial charge in [-0.2, -0.15) is 0 Å². The first kappa shape index (κ1) is 14.7. The van der Waals surface area contributed by atoms with Crippen LogP contribution in [-0.4, -0.2) is 46.6 Å². The maximum Gasteiger partial charge on any atom is 0.305 e. The quantitative estimate of drug-likeness (QED) is 0.678. The van der Waals surface area contributed by atoms with Crippen molar-refractivity contribution in [2.24, 2.45) is 0 Å². The highest BCUT2D eigenvalue weighted by Gasteiger charge is 2.40. The molecule has 0 bridgehead atoms. The van der Waals surface area contributed by atoms with Crippen LogP contribution in [0.4, 0.5) is 0 Å². The molecule has 1 heterocycles. The minimum Gasteiger partial charge on any atom is -0.481 e. The predicted octanol–water partition coefficient (Wildman–Crippen LogP) is 0.985. The Bertz CT molecular complexity index is 339. The van der Waals surface area contributed by atoms with Crippen LogP contribution in [0.5, 0.6) is 0 Å². The normalized spacial score (nSPS) is 22.5. The van der Waals surface area contributed by atoms with Gasteiger partial charge in [-0.15, -0.1) is 11.8 Å². The Kier molecular flexibility index (Phi) is 5.10. The third kappa shape index (κ3) is 4.38. The van der Waals surface area contributed by atoms with Gasteiger partial charge in [0.2, 0.25) is 5.91 Å². The maximum absolute atomic E-state index is 11.9. The van der Waals surface area contributed by atoms with Crippen LogP contribution in [0.25, 0.3) is 0 Å². The van der Waals surface area contributed by atoms with Gasteiger partial charge in [-0.1, -0.05) is 0 Å². The molecule has 0 aromatic rings. The number of hydrogen-bond acceptors (Lipinski definition) is 4. The summed E-state index contributed by atoms with van der Waals surface area (Å²) in [7, 11) is 0. The van der Waals surface area contributed by atoms with E-state index in [0.717, 1.165) is 45.2 Å². The lowest BCUT2D eigenvalue weighted by Gasteiger charge is -2.41. The van der Waals surface area contributed by atoms with Crippen molar-refractivity contribution in [3.63, 3.8) is 0 Å². The monoisotopic (exact) mass is 286 g/mol. The van der Waals surface area contributed by atoms with Gasteiger partial charge >= 0.3 is 5.97 Å². The van der Waals surface area contributed by atoms with Gasteiger partial charge in [-0.3, -0.25) is 9.59 Å². The van der Waals surface area contributed by atoms with Crippen LogP contribution < -0.4 is 10.6 Å². The number of carboxylic acids is 1. The molecule has 2 fully saturated rings. The van der Waals surface area contributed by atoms with Crippen LogP contribution in [0, 0.1) is 0 Å². The highest BCUT2D eigenvalue weighted by Crippen LogP contribution is 2.35. The fourth-order valence-electron chi connectivity index (χ4n) is 2.73. The Hall–Kier alpha value is -0.750. The number of carboxylic acid groups (broad SMARTS) is 1. The standard InChI is InChI=1S/C13H22N2O3S/c16-11(9-19-10-2-6-14-7-3-10)15-13(4-1-5-13)8-12(17)18/h10,14H,1-9H2,(H,15,16)(H,17,18). The minimum atomic E-state index is -0.828.